The van der Waals surface area contributed by atoms with Crippen LogP contribution in [0.1, 0.15) is 51.4 Å². The van der Waals surface area contributed by atoms with Crippen LogP contribution in [0.25, 0.3) is 0 Å². The van der Waals surface area contributed by atoms with Crippen LogP contribution in [-0.2, 0) is 0 Å². The van der Waals surface area contributed by atoms with Crippen molar-refractivity contribution in [1.82, 2.24) is 10.2 Å². The average molecular weight is 431 g/mol. The van der Waals surface area contributed by atoms with Crippen molar-refractivity contribution in [3.05, 3.63) is 50.6 Å². The van der Waals surface area contributed by atoms with E-state index < -0.39 is 0 Å². The standard InChI is InChI=1S/C12H23NO.C6H13ClO.C6H11N/c1-3-9-13(10-4-2)11-7-5-6-8-12-14;7-5-3-1-2-4-6-8;1-3-5-7-6-4-2/h3-4,14H,1-2,5-12H2;8H,1-6H2;3-4,7H,1-2,5-6H2. The molecule has 0 aliphatic rings. The van der Waals surface area contributed by atoms with Crippen LogP contribution in [0.15, 0.2) is 50.6 Å². The van der Waals surface area contributed by atoms with Gasteiger partial charge in [-0.3, -0.25) is 4.90 Å². The summed E-state index contributed by atoms with van der Waals surface area (Å²) in [5.74, 6) is 0.755. The molecule has 0 saturated carbocycles. The highest BCUT2D eigenvalue weighted by molar-refractivity contribution is 6.17. The second kappa shape index (κ2) is 34.6. The summed E-state index contributed by atoms with van der Waals surface area (Å²) >= 11 is 5.42. The number of aliphatic hydroxyl groups excluding tert-OH is 2. The van der Waals surface area contributed by atoms with Crippen LogP contribution in [-0.4, -0.2) is 66.9 Å². The van der Waals surface area contributed by atoms with E-state index in [0.29, 0.717) is 13.2 Å². The van der Waals surface area contributed by atoms with Crippen LogP contribution < -0.4 is 5.32 Å². The van der Waals surface area contributed by atoms with E-state index in [4.69, 9.17) is 21.8 Å². The van der Waals surface area contributed by atoms with Gasteiger partial charge in [-0.2, -0.15) is 0 Å². The summed E-state index contributed by atoms with van der Waals surface area (Å²) in [6.07, 6.45) is 16.2. The Morgan fingerprint density at radius 3 is 1.48 bits per heavy atom. The van der Waals surface area contributed by atoms with Gasteiger partial charge in [0.1, 0.15) is 0 Å². The first-order valence-corrected chi connectivity index (χ1v) is 11.4. The molecule has 0 aliphatic heterocycles. The van der Waals surface area contributed by atoms with Crippen molar-refractivity contribution < 1.29 is 10.2 Å². The Balaban J connectivity index is -0.000000383. The van der Waals surface area contributed by atoms with E-state index in [1.807, 2.05) is 24.3 Å². The number of unbranched alkanes of at least 4 members (excludes halogenated alkanes) is 6. The topological polar surface area (TPSA) is 55.7 Å². The van der Waals surface area contributed by atoms with E-state index in [2.05, 4.69) is 36.5 Å². The highest BCUT2D eigenvalue weighted by Gasteiger charge is 1.99. The van der Waals surface area contributed by atoms with Crippen LogP contribution in [0.3, 0.4) is 0 Å². The Bertz CT molecular complexity index is 315. The zero-order chi connectivity index (χ0) is 22.4. The number of halogens is 1. The van der Waals surface area contributed by atoms with Crippen LogP contribution in [0, 0.1) is 0 Å². The van der Waals surface area contributed by atoms with Gasteiger partial charge in [0.25, 0.3) is 0 Å². The molecule has 172 valence electrons. The normalized spacial score (nSPS) is 9.66. The first-order chi connectivity index (χ1) is 14.2. The fourth-order valence-electron chi connectivity index (χ4n) is 2.27. The Hall–Kier alpha value is -0.910. The van der Waals surface area contributed by atoms with Crippen molar-refractivity contribution in [1.29, 1.82) is 0 Å². The Morgan fingerprint density at radius 1 is 0.655 bits per heavy atom. The van der Waals surface area contributed by atoms with E-state index in [1.165, 1.54) is 12.8 Å². The first kappa shape index (κ1) is 32.7. The average Bonchev–Trinajstić information content (AvgIpc) is 2.73. The third kappa shape index (κ3) is 38.3. The molecule has 0 unspecified atom stereocenters. The molecular formula is C24H47ClN2O2. The molecule has 0 atom stereocenters. The lowest BCUT2D eigenvalue weighted by molar-refractivity contribution is 0.278. The minimum Gasteiger partial charge on any atom is -0.396 e. The number of alkyl halides is 1. The third-order valence-corrected chi connectivity index (χ3v) is 4.04. The summed E-state index contributed by atoms with van der Waals surface area (Å²) in [5, 5.41) is 20.0. The molecule has 0 aromatic rings. The molecule has 0 rings (SSSR count). The van der Waals surface area contributed by atoms with Gasteiger partial charge in [-0.1, -0.05) is 50.0 Å². The molecular weight excluding hydrogens is 384 g/mol. The van der Waals surface area contributed by atoms with Crippen molar-refractivity contribution in [3.8, 4) is 0 Å². The van der Waals surface area contributed by atoms with E-state index in [-0.39, 0.29) is 0 Å². The van der Waals surface area contributed by atoms with Crippen molar-refractivity contribution in [2.75, 3.05) is 51.8 Å². The van der Waals surface area contributed by atoms with Crippen LogP contribution in [0.5, 0.6) is 0 Å². The van der Waals surface area contributed by atoms with E-state index in [9.17, 15) is 0 Å². The predicted octanol–water partition coefficient (Wildman–Crippen LogP) is 4.94. The van der Waals surface area contributed by atoms with Gasteiger partial charge in [0.15, 0.2) is 0 Å². The lowest BCUT2D eigenvalue weighted by Crippen LogP contribution is -2.24. The van der Waals surface area contributed by atoms with Gasteiger partial charge in [0.05, 0.1) is 0 Å². The number of hydrogen-bond acceptors (Lipinski definition) is 4. The SMILES string of the molecule is C=CCN(CC=C)CCCCCCO.C=CCNCC=C.OCCCCCCCl. The number of nitrogens with one attached hydrogen (secondary N) is 1. The minimum absolute atomic E-state index is 0.322. The molecule has 0 radical (unpaired) electrons. The van der Waals surface area contributed by atoms with Crippen LogP contribution in [0.2, 0.25) is 0 Å². The highest BCUT2D eigenvalue weighted by atomic mass is 35.5. The first-order valence-electron chi connectivity index (χ1n) is 10.8. The summed E-state index contributed by atoms with van der Waals surface area (Å²) in [6.45, 7) is 19.9. The Morgan fingerprint density at radius 2 is 1.10 bits per heavy atom. The maximum Gasteiger partial charge on any atom is 0.0431 e. The van der Waals surface area contributed by atoms with Crippen LogP contribution >= 0.6 is 11.6 Å². The Labute approximate surface area is 186 Å². The number of nitrogens with zero attached hydrogens (tertiary/aromatic N) is 1. The van der Waals surface area contributed by atoms with Gasteiger partial charge >= 0.3 is 0 Å². The molecule has 0 aromatic carbocycles. The zero-order valence-electron chi connectivity index (χ0n) is 18.7. The van der Waals surface area contributed by atoms with Gasteiger partial charge in [0, 0.05) is 45.3 Å². The Kier molecular flexibility index (Phi) is 39.1. The summed E-state index contributed by atoms with van der Waals surface area (Å²) in [4.78, 5) is 2.32. The zero-order valence-corrected chi connectivity index (χ0v) is 19.4. The molecule has 0 aromatic heterocycles. The fourth-order valence-corrected chi connectivity index (χ4v) is 2.46. The molecule has 0 fully saturated rings. The molecule has 0 amide bonds. The summed E-state index contributed by atoms with van der Waals surface area (Å²) in [7, 11) is 0. The fraction of sp³-hybridized carbons (Fsp3) is 0.667. The molecule has 0 heterocycles. The quantitative estimate of drug-likeness (QED) is 0.154. The molecule has 29 heavy (non-hydrogen) atoms. The smallest absolute Gasteiger partial charge is 0.0431 e. The third-order valence-electron chi connectivity index (χ3n) is 3.78. The molecule has 0 spiro atoms. The molecule has 0 saturated heterocycles. The number of hydrogen-bond donors (Lipinski definition) is 3. The van der Waals surface area contributed by atoms with Crippen molar-refractivity contribution in [2.45, 2.75) is 51.4 Å². The lowest BCUT2D eigenvalue weighted by atomic mass is 10.2. The largest absolute Gasteiger partial charge is 0.396 e. The summed E-state index contributed by atoms with van der Waals surface area (Å²) in [5.41, 5.74) is 0. The van der Waals surface area contributed by atoms with E-state index in [1.54, 1.807) is 0 Å². The van der Waals surface area contributed by atoms with Crippen molar-refractivity contribution >= 4 is 11.6 Å². The monoisotopic (exact) mass is 430 g/mol. The molecule has 5 heteroatoms. The molecule has 0 aliphatic carbocycles. The summed E-state index contributed by atoms with van der Waals surface area (Å²) < 4.78 is 0. The van der Waals surface area contributed by atoms with Gasteiger partial charge in [-0.25, -0.2) is 0 Å². The molecule has 0 bridgehead atoms. The maximum atomic E-state index is 8.61. The summed E-state index contributed by atoms with van der Waals surface area (Å²) in [6, 6.07) is 0. The second-order valence-electron chi connectivity index (χ2n) is 6.54. The van der Waals surface area contributed by atoms with E-state index in [0.717, 1.165) is 77.1 Å². The highest BCUT2D eigenvalue weighted by Crippen LogP contribution is 2.01. The molecule has 3 N–H and O–H groups in total. The minimum atomic E-state index is 0.322. The van der Waals surface area contributed by atoms with Crippen LogP contribution in [0.4, 0.5) is 0 Å². The van der Waals surface area contributed by atoms with Gasteiger partial charge in [-0.05, 0) is 32.2 Å². The molecule has 4 nitrogen and oxygen atoms in total. The van der Waals surface area contributed by atoms with Gasteiger partial charge in [-0.15, -0.1) is 37.9 Å². The van der Waals surface area contributed by atoms with Gasteiger partial charge in [0.2, 0.25) is 0 Å². The van der Waals surface area contributed by atoms with Gasteiger partial charge < -0.3 is 15.5 Å². The maximum absolute atomic E-state index is 8.61. The van der Waals surface area contributed by atoms with Crippen molar-refractivity contribution in [2.24, 2.45) is 0 Å². The van der Waals surface area contributed by atoms with Crippen molar-refractivity contribution in [3.63, 3.8) is 0 Å². The lowest BCUT2D eigenvalue weighted by Gasteiger charge is -2.18. The van der Waals surface area contributed by atoms with E-state index >= 15 is 0 Å². The number of aliphatic hydroxyl groups is 2. The second-order valence-corrected chi connectivity index (χ2v) is 6.92. The predicted molar refractivity (Wildman–Crippen MR) is 132 cm³/mol. The number of rotatable bonds is 19.